The third-order valence-corrected chi connectivity index (χ3v) is 3.57. The number of carbonyl (C=O) groups is 1. The van der Waals surface area contributed by atoms with Gasteiger partial charge in [0, 0.05) is 37.9 Å². The second kappa shape index (κ2) is 7.35. The molecular formula is C14H17F2N3O2S. The van der Waals surface area contributed by atoms with Crippen molar-refractivity contribution >= 4 is 29.1 Å². The first-order valence-corrected chi connectivity index (χ1v) is 7.34. The molecule has 1 saturated heterocycles. The highest BCUT2D eigenvalue weighted by Crippen LogP contribution is 2.14. The van der Waals surface area contributed by atoms with Crippen molar-refractivity contribution in [3.8, 4) is 0 Å². The van der Waals surface area contributed by atoms with Crippen molar-refractivity contribution in [3.05, 3.63) is 29.8 Å². The molecule has 1 aromatic rings. The van der Waals surface area contributed by atoms with Gasteiger partial charge in [-0.2, -0.15) is 0 Å². The number of piperazine rings is 1. The lowest BCUT2D eigenvalue weighted by atomic mass is 10.3. The summed E-state index contributed by atoms with van der Waals surface area (Å²) in [5, 5.41) is 3.17. The maximum Gasteiger partial charge on any atom is 0.409 e. The summed E-state index contributed by atoms with van der Waals surface area (Å²) in [7, 11) is 0. The van der Waals surface area contributed by atoms with Crippen LogP contribution in [-0.2, 0) is 4.74 Å². The maximum absolute atomic E-state index is 13.1. The van der Waals surface area contributed by atoms with Gasteiger partial charge in [-0.05, 0) is 31.3 Å². The fraction of sp³-hybridized carbons (Fsp3) is 0.429. The monoisotopic (exact) mass is 329 g/mol. The van der Waals surface area contributed by atoms with Crippen LogP contribution < -0.4 is 5.32 Å². The summed E-state index contributed by atoms with van der Waals surface area (Å²) < 4.78 is 31.2. The van der Waals surface area contributed by atoms with Crippen molar-refractivity contribution in [2.75, 3.05) is 38.1 Å². The highest BCUT2D eigenvalue weighted by atomic mass is 32.1. The van der Waals surface area contributed by atoms with E-state index in [2.05, 4.69) is 5.32 Å². The molecule has 120 valence electrons. The van der Waals surface area contributed by atoms with E-state index >= 15 is 0 Å². The smallest absolute Gasteiger partial charge is 0.409 e. The molecule has 1 amide bonds. The zero-order chi connectivity index (χ0) is 16.1. The largest absolute Gasteiger partial charge is 0.450 e. The number of rotatable bonds is 2. The van der Waals surface area contributed by atoms with E-state index in [-0.39, 0.29) is 11.8 Å². The van der Waals surface area contributed by atoms with Crippen molar-refractivity contribution in [1.82, 2.24) is 9.80 Å². The first kappa shape index (κ1) is 16.4. The van der Waals surface area contributed by atoms with E-state index < -0.39 is 11.6 Å². The molecule has 0 aliphatic carbocycles. The number of benzene rings is 1. The Morgan fingerprint density at radius 3 is 2.27 bits per heavy atom. The lowest BCUT2D eigenvalue weighted by Gasteiger charge is -2.35. The second-order valence-electron chi connectivity index (χ2n) is 4.76. The number of hydrogen-bond acceptors (Lipinski definition) is 3. The molecule has 0 saturated carbocycles. The number of hydrogen-bond donors (Lipinski definition) is 1. The number of nitrogens with one attached hydrogen (secondary N) is 1. The number of halogens is 2. The van der Waals surface area contributed by atoms with Gasteiger partial charge in [0.1, 0.15) is 11.6 Å². The summed E-state index contributed by atoms with van der Waals surface area (Å²) in [6.07, 6.45) is -0.340. The summed E-state index contributed by atoms with van der Waals surface area (Å²) in [5.41, 5.74) is 0.260. The maximum atomic E-state index is 13.1. The van der Waals surface area contributed by atoms with Gasteiger partial charge in [0.25, 0.3) is 0 Å². The van der Waals surface area contributed by atoms with Crippen LogP contribution in [0, 0.1) is 11.6 Å². The van der Waals surface area contributed by atoms with Crippen LogP contribution in [0.1, 0.15) is 6.92 Å². The molecule has 0 bridgehead atoms. The molecule has 22 heavy (non-hydrogen) atoms. The minimum Gasteiger partial charge on any atom is -0.450 e. The summed E-state index contributed by atoms with van der Waals surface area (Å²) in [4.78, 5) is 15.0. The van der Waals surface area contributed by atoms with Gasteiger partial charge in [0.05, 0.1) is 6.61 Å². The molecule has 8 heteroatoms. The predicted molar refractivity (Wildman–Crippen MR) is 82.7 cm³/mol. The molecule has 1 aliphatic rings. The number of thiocarbonyl (C=S) groups is 1. The van der Waals surface area contributed by atoms with Crippen LogP contribution in [0.25, 0.3) is 0 Å². The minimum absolute atomic E-state index is 0.260. The Morgan fingerprint density at radius 1 is 1.18 bits per heavy atom. The van der Waals surface area contributed by atoms with E-state index in [1.807, 2.05) is 4.90 Å². The van der Waals surface area contributed by atoms with Gasteiger partial charge >= 0.3 is 6.09 Å². The van der Waals surface area contributed by atoms with E-state index in [0.29, 0.717) is 37.9 Å². The summed E-state index contributed by atoms with van der Waals surface area (Å²) >= 11 is 5.23. The Hall–Kier alpha value is -1.96. The van der Waals surface area contributed by atoms with Crippen LogP contribution in [0.5, 0.6) is 0 Å². The molecule has 1 aliphatic heterocycles. The molecule has 0 atom stereocenters. The van der Waals surface area contributed by atoms with Gasteiger partial charge in [-0.1, -0.05) is 0 Å². The van der Waals surface area contributed by atoms with E-state index in [4.69, 9.17) is 17.0 Å². The number of anilines is 1. The van der Waals surface area contributed by atoms with E-state index in [0.717, 1.165) is 6.07 Å². The number of ether oxygens (including phenoxy) is 1. The molecule has 2 rings (SSSR count). The van der Waals surface area contributed by atoms with Crippen molar-refractivity contribution < 1.29 is 18.3 Å². The Bertz CT molecular complexity index is 543. The predicted octanol–water partition coefficient (Wildman–Crippen LogP) is 2.44. The summed E-state index contributed by atoms with van der Waals surface area (Å²) in [5.74, 6) is -1.34. The average Bonchev–Trinajstić information content (AvgIpc) is 2.46. The summed E-state index contributed by atoms with van der Waals surface area (Å²) in [6, 6.07) is 3.14. The molecule has 0 unspecified atom stereocenters. The van der Waals surface area contributed by atoms with Gasteiger partial charge in [0.15, 0.2) is 5.11 Å². The first-order chi connectivity index (χ1) is 10.5. The third-order valence-electron chi connectivity index (χ3n) is 3.21. The van der Waals surface area contributed by atoms with Crippen molar-refractivity contribution in [3.63, 3.8) is 0 Å². The number of carbonyl (C=O) groups excluding carboxylic acids is 1. The standard InChI is InChI=1S/C14H17F2N3O2S/c1-2-21-14(20)19-5-3-18(4-6-19)13(22)17-12-8-10(15)7-11(16)9-12/h7-9H,2-6H2,1H3,(H,17,22). The fourth-order valence-electron chi connectivity index (χ4n) is 2.14. The van der Waals surface area contributed by atoms with Crippen molar-refractivity contribution in [2.45, 2.75) is 6.92 Å². The zero-order valence-corrected chi connectivity index (χ0v) is 13.0. The SMILES string of the molecule is CCOC(=O)N1CCN(C(=S)Nc2cc(F)cc(F)c2)CC1. The lowest BCUT2D eigenvalue weighted by molar-refractivity contribution is 0.0923. The topological polar surface area (TPSA) is 44.8 Å². The van der Waals surface area contributed by atoms with Gasteiger partial charge in [-0.15, -0.1) is 0 Å². The second-order valence-corrected chi connectivity index (χ2v) is 5.15. The minimum atomic E-state index is -0.669. The lowest BCUT2D eigenvalue weighted by Crippen LogP contribution is -2.51. The molecular weight excluding hydrogens is 312 g/mol. The Labute approximate surface area is 132 Å². The molecule has 1 N–H and O–H groups in total. The van der Waals surface area contributed by atoms with Gasteiger partial charge < -0.3 is 19.9 Å². The molecule has 0 radical (unpaired) electrons. The number of amides is 1. The van der Waals surface area contributed by atoms with Gasteiger partial charge in [-0.3, -0.25) is 0 Å². The quantitative estimate of drug-likeness (QED) is 0.845. The van der Waals surface area contributed by atoms with Gasteiger partial charge in [-0.25, -0.2) is 13.6 Å². The third kappa shape index (κ3) is 4.27. The molecule has 1 heterocycles. The summed E-state index contributed by atoms with van der Waals surface area (Å²) in [6.45, 7) is 4.12. The van der Waals surface area contributed by atoms with Crippen LogP contribution in [0.15, 0.2) is 18.2 Å². The van der Waals surface area contributed by atoms with Crippen LogP contribution >= 0.6 is 12.2 Å². The Kier molecular flexibility index (Phi) is 5.48. The molecule has 1 fully saturated rings. The highest BCUT2D eigenvalue weighted by molar-refractivity contribution is 7.80. The van der Waals surface area contributed by atoms with E-state index in [1.54, 1.807) is 11.8 Å². The van der Waals surface area contributed by atoms with E-state index in [1.165, 1.54) is 12.1 Å². The molecule has 1 aromatic carbocycles. The molecule has 0 spiro atoms. The Balaban J connectivity index is 1.88. The fourth-order valence-corrected chi connectivity index (χ4v) is 2.44. The van der Waals surface area contributed by atoms with Crippen molar-refractivity contribution in [1.29, 1.82) is 0 Å². The number of nitrogens with zero attached hydrogens (tertiary/aromatic N) is 2. The van der Waals surface area contributed by atoms with Crippen LogP contribution in [-0.4, -0.2) is 53.8 Å². The van der Waals surface area contributed by atoms with Crippen molar-refractivity contribution in [2.24, 2.45) is 0 Å². The normalized spacial score (nSPS) is 14.7. The zero-order valence-electron chi connectivity index (χ0n) is 12.1. The Morgan fingerprint density at radius 2 is 1.73 bits per heavy atom. The molecule has 5 nitrogen and oxygen atoms in total. The van der Waals surface area contributed by atoms with Crippen LogP contribution in [0.4, 0.5) is 19.3 Å². The highest BCUT2D eigenvalue weighted by Gasteiger charge is 2.23. The molecule has 0 aromatic heterocycles. The van der Waals surface area contributed by atoms with E-state index in [9.17, 15) is 13.6 Å². The van der Waals surface area contributed by atoms with Gasteiger partial charge in [0.2, 0.25) is 0 Å². The first-order valence-electron chi connectivity index (χ1n) is 6.93. The average molecular weight is 329 g/mol. The van der Waals surface area contributed by atoms with Crippen LogP contribution in [0.3, 0.4) is 0 Å². The van der Waals surface area contributed by atoms with Crippen LogP contribution in [0.2, 0.25) is 0 Å².